The maximum Gasteiger partial charge on any atom is 0.323 e. The van der Waals surface area contributed by atoms with E-state index in [9.17, 15) is 14.4 Å². The molecule has 11 heteroatoms. The number of nitrogens with zero attached hydrogens (tertiary/aromatic N) is 3. The summed E-state index contributed by atoms with van der Waals surface area (Å²) in [5.74, 6) is -1.00. The smallest absolute Gasteiger partial charge is 0.323 e. The number of carbonyl (C=O) groups excluding carboxylic acids is 2. The van der Waals surface area contributed by atoms with Crippen LogP contribution < -0.4 is 17.0 Å². The number of fused-ring (bicyclic) bond motifs is 1. The van der Waals surface area contributed by atoms with Crippen LogP contribution in [0.1, 0.15) is 143 Å². The number of ether oxygens (including phenoxy) is 2. The van der Waals surface area contributed by atoms with Crippen molar-refractivity contribution in [3.8, 4) is 0 Å². The van der Waals surface area contributed by atoms with Crippen molar-refractivity contribution in [2.24, 2.45) is 17.6 Å². The number of nitrogen functional groups attached to an aromatic ring is 1. The van der Waals surface area contributed by atoms with Gasteiger partial charge in [-0.2, -0.15) is 4.98 Å². The maximum absolute atomic E-state index is 12.4. The van der Waals surface area contributed by atoms with E-state index < -0.39 is 17.6 Å². The van der Waals surface area contributed by atoms with Crippen LogP contribution in [0.2, 0.25) is 0 Å². The largest absolute Gasteiger partial charge is 0.466 e. The highest BCUT2D eigenvalue weighted by Crippen LogP contribution is 2.16. The average Bonchev–Trinajstić information content (AvgIpc) is 3.46. The minimum absolute atomic E-state index is 0.0123. The van der Waals surface area contributed by atoms with E-state index in [4.69, 9.17) is 20.9 Å². The number of aromatic nitrogens is 4. The van der Waals surface area contributed by atoms with E-state index in [-0.39, 0.29) is 42.5 Å². The van der Waals surface area contributed by atoms with Gasteiger partial charge in [-0.15, -0.1) is 0 Å². The molecule has 5 N–H and O–H groups in total. The normalized spacial score (nSPS) is 13.0. The topological polar surface area (TPSA) is 168 Å². The molecule has 0 saturated heterocycles. The van der Waals surface area contributed by atoms with E-state index in [1.807, 2.05) is 13.8 Å². The number of hydrogen-bond acceptors (Lipinski definition) is 9. The molecular formula is C37H64N6O5. The Kier molecular flexibility index (Phi) is 21.2. The van der Waals surface area contributed by atoms with E-state index in [2.05, 4.69) is 34.0 Å². The number of allylic oxidation sites excluding steroid dienone is 2. The zero-order valence-corrected chi connectivity index (χ0v) is 30.1. The SMILES string of the molecule is CCCCCCCCC=CCCCCCCCCCCCC(=O)OCCC(COC(=O)[C@@H](N)C(C)C)Cn1cnc2c(=O)[nH]c(N)nc21. The number of imidazole rings is 1. The molecule has 0 spiro atoms. The molecule has 1 unspecified atom stereocenters. The Morgan fingerprint density at radius 3 is 2.08 bits per heavy atom. The summed E-state index contributed by atoms with van der Waals surface area (Å²) in [5.41, 5.74) is 11.8. The van der Waals surface area contributed by atoms with E-state index in [1.54, 1.807) is 4.57 Å². The first kappa shape index (κ1) is 41.0. The third-order valence-electron chi connectivity index (χ3n) is 8.83. The van der Waals surface area contributed by atoms with Crippen LogP contribution in [0.3, 0.4) is 0 Å². The van der Waals surface area contributed by atoms with Crippen LogP contribution in [-0.2, 0) is 25.6 Å². The molecule has 2 atom stereocenters. The van der Waals surface area contributed by atoms with Gasteiger partial charge in [0.05, 0.1) is 19.5 Å². The Hall–Kier alpha value is -3.21. The van der Waals surface area contributed by atoms with Crippen molar-refractivity contribution >= 4 is 29.1 Å². The molecule has 0 aromatic carbocycles. The van der Waals surface area contributed by atoms with Gasteiger partial charge in [-0.25, -0.2) is 4.98 Å². The fraction of sp³-hybridized carbons (Fsp3) is 0.757. The number of H-pyrrole nitrogens is 1. The number of anilines is 1. The second-order valence-electron chi connectivity index (χ2n) is 13.5. The van der Waals surface area contributed by atoms with E-state index in [1.165, 1.54) is 96.2 Å². The first-order chi connectivity index (χ1) is 23.2. The number of aromatic amines is 1. The Morgan fingerprint density at radius 2 is 1.48 bits per heavy atom. The summed E-state index contributed by atoms with van der Waals surface area (Å²) in [6.07, 6.45) is 28.4. The molecule has 0 saturated carbocycles. The van der Waals surface area contributed by atoms with Crippen molar-refractivity contribution in [2.45, 2.75) is 155 Å². The summed E-state index contributed by atoms with van der Waals surface area (Å²) in [4.78, 5) is 47.8. The maximum atomic E-state index is 12.4. The zero-order valence-electron chi connectivity index (χ0n) is 30.1. The molecule has 0 aliphatic heterocycles. The quantitative estimate of drug-likeness (QED) is 0.0474. The van der Waals surface area contributed by atoms with Crippen molar-refractivity contribution in [2.75, 3.05) is 18.9 Å². The van der Waals surface area contributed by atoms with Gasteiger partial charge in [0.25, 0.3) is 5.56 Å². The molecule has 0 radical (unpaired) electrons. The molecule has 0 aliphatic carbocycles. The number of rotatable bonds is 28. The van der Waals surface area contributed by atoms with Crippen LogP contribution in [0.15, 0.2) is 23.3 Å². The van der Waals surface area contributed by atoms with Crippen LogP contribution in [0.4, 0.5) is 5.95 Å². The Labute approximate surface area is 288 Å². The number of carbonyl (C=O) groups is 2. The van der Waals surface area contributed by atoms with Crippen LogP contribution in [0, 0.1) is 11.8 Å². The second-order valence-corrected chi connectivity index (χ2v) is 13.5. The summed E-state index contributed by atoms with van der Waals surface area (Å²) in [6, 6.07) is -0.727. The van der Waals surface area contributed by atoms with E-state index in [0.717, 1.165) is 19.3 Å². The molecule has 2 heterocycles. The summed E-state index contributed by atoms with van der Waals surface area (Å²) < 4.78 is 12.7. The summed E-state index contributed by atoms with van der Waals surface area (Å²) in [6.45, 7) is 6.58. The standard InChI is InChI=1S/C37H64N6O5/c1-4-5-6-7-8-9-10-11-12-13-14-15-16-17-18-19-20-21-22-23-31(44)47-25-24-30(27-48-36(46)32(38)29(2)3)26-43-28-40-33-34(43)41-37(39)42-35(33)45/h11-12,28-30,32H,4-10,13-27,38H2,1-3H3,(H3,39,41,42,45)/t30?,32-/m0/s1. The molecule has 2 rings (SSSR count). The van der Waals surface area contributed by atoms with Crippen LogP contribution in [-0.4, -0.2) is 50.7 Å². The summed E-state index contributed by atoms with van der Waals surface area (Å²) in [7, 11) is 0. The van der Waals surface area contributed by atoms with Gasteiger partial charge in [-0.1, -0.05) is 110 Å². The predicted octanol–water partition coefficient (Wildman–Crippen LogP) is 7.38. The van der Waals surface area contributed by atoms with Crippen molar-refractivity contribution in [3.63, 3.8) is 0 Å². The lowest BCUT2D eigenvalue weighted by atomic mass is 10.1. The number of nitrogens with two attached hydrogens (primary N) is 2. The van der Waals surface area contributed by atoms with Gasteiger partial charge in [0.2, 0.25) is 5.95 Å². The predicted molar refractivity (Wildman–Crippen MR) is 193 cm³/mol. The Bertz CT molecular complexity index is 1260. The highest BCUT2D eigenvalue weighted by Gasteiger charge is 2.22. The third kappa shape index (κ3) is 17.3. The van der Waals surface area contributed by atoms with Crippen molar-refractivity contribution in [3.05, 3.63) is 28.8 Å². The van der Waals surface area contributed by atoms with Gasteiger partial charge in [-0.05, 0) is 44.4 Å². The van der Waals surface area contributed by atoms with Gasteiger partial charge >= 0.3 is 11.9 Å². The number of esters is 2. The lowest BCUT2D eigenvalue weighted by Crippen LogP contribution is -2.38. The molecule has 272 valence electrons. The lowest BCUT2D eigenvalue weighted by molar-refractivity contribution is -0.149. The molecule has 0 amide bonds. The van der Waals surface area contributed by atoms with Crippen molar-refractivity contribution in [1.82, 2.24) is 19.5 Å². The molecule has 48 heavy (non-hydrogen) atoms. The zero-order chi connectivity index (χ0) is 35.0. The van der Waals surface area contributed by atoms with E-state index in [0.29, 0.717) is 25.0 Å². The Morgan fingerprint density at radius 1 is 0.896 bits per heavy atom. The van der Waals surface area contributed by atoms with Gasteiger partial charge in [0.15, 0.2) is 11.2 Å². The van der Waals surface area contributed by atoms with Crippen molar-refractivity contribution in [1.29, 1.82) is 0 Å². The van der Waals surface area contributed by atoms with Crippen LogP contribution >= 0.6 is 0 Å². The van der Waals surface area contributed by atoms with Crippen LogP contribution in [0.5, 0.6) is 0 Å². The van der Waals surface area contributed by atoms with Crippen LogP contribution in [0.25, 0.3) is 11.2 Å². The lowest BCUT2D eigenvalue weighted by Gasteiger charge is -2.20. The van der Waals surface area contributed by atoms with Gasteiger partial charge in [-0.3, -0.25) is 19.4 Å². The molecule has 0 bridgehead atoms. The molecular weight excluding hydrogens is 608 g/mol. The number of hydrogen-bond donors (Lipinski definition) is 3. The minimum Gasteiger partial charge on any atom is -0.466 e. The molecule has 11 nitrogen and oxygen atoms in total. The molecule has 2 aromatic rings. The fourth-order valence-corrected chi connectivity index (χ4v) is 5.64. The summed E-state index contributed by atoms with van der Waals surface area (Å²) in [5, 5.41) is 0. The highest BCUT2D eigenvalue weighted by molar-refractivity contribution is 5.75. The first-order valence-corrected chi connectivity index (χ1v) is 18.7. The minimum atomic E-state index is -0.727. The van der Waals surface area contributed by atoms with Gasteiger partial charge in [0, 0.05) is 18.9 Å². The first-order valence-electron chi connectivity index (χ1n) is 18.7. The fourth-order valence-electron chi connectivity index (χ4n) is 5.64. The second kappa shape index (κ2) is 24.9. The monoisotopic (exact) mass is 672 g/mol. The molecule has 2 aromatic heterocycles. The number of unbranched alkanes of at least 4 members (excludes halogenated alkanes) is 15. The Balaban J connectivity index is 1.58. The average molecular weight is 673 g/mol. The summed E-state index contributed by atoms with van der Waals surface area (Å²) >= 11 is 0. The third-order valence-corrected chi connectivity index (χ3v) is 8.83. The molecule has 0 aliphatic rings. The highest BCUT2D eigenvalue weighted by atomic mass is 16.5. The van der Waals surface area contributed by atoms with Gasteiger partial charge < -0.3 is 25.5 Å². The molecule has 0 fully saturated rings. The van der Waals surface area contributed by atoms with E-state index >= 15 is 0 Å². The van der Waals surface area contributed by atoms with Crippen molar-refractivity contribution < 1.29 is 19.1 Å². The van der Waals surface area contributed by atoms with Gasteiger partial charge in [0.1, 0.15) is 6.04 Å². The number of nitrogens with one attached hydrogen (secondary N) is 1.